The summed E-state index contributed by atoms with van der Waals surface area (Å²) in [6.45, 7) is 0.701. The predicted molar refractivity (Wildman–Crippen MR) is 79.1 cm³/mol. The Labute approximate surface area is 118 Å². The monoisotopic (exact) mass is 275 g/mol. The topological polar surface area (TPSA) is 39.2 Å². The van der Waals surface area contributed by atoms with Gasteiger partial charge in [0.25, 0.3) is 0 Å². The Morgan fingerprint density at radius 2 is 2.21 bits per heavy atom. The molecule has 0 atom stereocenters. The molecule has 0 amide bonds. The number of unbranched alkanes of at least 4 members (excludes halogenated alkanes) is 1. The Morgan fingerprint density at radius 1 is 1.37 bits per heavy atom. The third kappa shape index (κ3) is 3.55. The molecule has 0 spiro atoms. The molecule has 100 valence electrons. The molecule has 0 radical (unpaired) electrons. The van der Waals surface area contributed by atoms with Gasteiger partial charge in [0.1, 0.15) is 0 Å². The van der Waals surface area contributed by atoms with Crippen molar-refractivity contribution in [3.8, 4) is 0 Å². The summed E-state index contributed by atoms with van der Waals surface area (Å²) >= 11 is 4.40. The number of hydrogen-bond acceptors (Lipinski definition) is 4. The zero-order chi connectivity index (χ0) is 13.7. The first-order valence-corrected chi connectivity index (χ1v) is 6.77. The highest BCUT2D eigenvalue weighted by Gasteiger charge is 2.09. The van der Waals surface area contributed by atoms with E-state index in [1.54, 1.807) is 19.4 Å². The molecule has 0 saturated carbocycles. The zero-order valence-corrected chi connectivity index (χ0v) is 11.8. The molecule has 2 rings (SSSR count). The van der Waals surface area contributed by atoms with Crippen molar-refractivity contribution in [3.05, 3.63) is 36.0 Å². The van der Waals surface area contributed by atoms with Crippen LogP contribution in [0.25, 0.3) is 10.9 Å². The molecule has 0 saturated heterocycles. The second-order valence-electron chi connectivity index (χ2n) is 4.44. The fourth-order valence-corrected chi connectivity index (χ4v) is 2.34. The van der Waals surface area contributed by atoms with Gasteiger partial charge in [-0.25, -0.2) is 0 Å². The van der Waals surface area contributed by atoms with Gasteiger partial charge >= 0.3 is 0 Å². The first-order chi connectivity index (χ1) is 9.22. The highest BCUT2D eigenvalue weighted by atomic mass is 32.1. The van der Waals surface area contributed by atoms with Crippen LogP contribution in [0.3, 0.4) is 0 Å². The Bertz CT molecular complexity index is 583. The lowest BCUT2D eigenvalue weighted by atomic mass is 10.0. The van der Waals surface area contributed by atoms with Gasteiger partial charge in [-0.3, -0.25) is 9.78 Å². The number of ketones is 1. The maximum absolute atomic E-state index is 12.1. The van der Waals surface area contributed by atoms with Crippen LogP contribution in [0.1, 0.15) is 29.6 Å². The molecule has 19 heavy (non-hydrogen) atoms. The molecule has 0 N–H and O–H groups in total. The van der Waals surface area contributed by atoms with E-state index in [1.807, 2.05) is 18.2 Å². The lowest BCUT2D eigenvalue weighted by molar-refractivity contribution is 0.0975. The van der Waals surface area contributed by atoms with Gasteiger partial charge in [0.2, 0.25) is 0 Å². The minimum Gasteiger partial charge on any atom is -0.385 e. The fraction of sp³-hybridized carbons (Fsp3) is 0.333. The predicted octanol–water partition coefficient (Wildman–Crippen LogP) is 3.52. The molecule has 2 aromatic rings. The van der Waals surface area contributed by atoms with Crippen molar-refractivity contribution in [2.45, 2.75) is 24.2 Å². The maximum Gasteiger partial charge on any atom is 0.162 e. The zero-order valence-electron chi connectivity index (χ0n) is 10.9. The van der Waals surface area contributed by atoms with E-state index in [0.29, 0.717) is 18.6 Å². The standard InChI is InChI=1S/C15H17NO2S/c1-18-8-3-2-6-13(17)12-9-11-5-4-7-16-15(11)14(19)10-12/h4-5,7,9-10,19H,2-3,6,8H2,1H3. The van der Waals surface area contributed by atoms with Crippen LogP contribution in [-0.4, -0.2) is 24.5 Å². The van der Waals surface area contributed by atoms with Gasteiger partial charge in [-0.1, -0.05) is 6.07 Å². The summed E-state index contributed by atoms with van der Waals surface area (Å²) in [7, 11) is 1.67. The van der Waals surface area contributed by atoms with Crippen LogP contribution in [0.4, 0.5) is 0 Å². The molecule has 1 aromatic heterocycles. The second-order valence-corrected chi connectivity index (χ2v) is 4.93. The number of methoxy groups -OCH3 is 1. The lowest BCUT2D eigenvalue weighted by Crippen LogP contribution is -2.01. The average Bonchev–Trinajstić information content (AvgIpc) is 2.43. The molecule has 1 heterocycles. The summed E-state index contributed by atoms with van der Waals surface area (Å²) in [5.41, 5.74) is 1.55. The Hall–Kier alpha value is -1.39. The largest absolute Gasteiger partial charge is 0.385 e. The van der Waals surface area contributed by atoms with Gasteiger partial charge in [0.05, 0.1) is 5.52 Å². The van der Waals surface area contributed by atoms with Crippen LogP contribution < -0.4 is 0 Å². The first kappa shape index (κ1) is 14.0. The average molecular weight is 275 g/mol. The van der Waals surface area contributed by atoms with E-state index >= 15 is 0 Å². The summed E-state index contributed by atoms with van der Waals surface area (Å²) in [6, 6.07) is 7.50. The third-order valence-corrected chi connectivity index (χ3v) is 3.35. The molecule has 1 aromatic carbocycles. The Balaban J connectivity index is 2.14. The molecular formula is C15H17NO2S. The number of hydrogen-bond donors (Lipinski definition) is 1. The molecule has 0 unspecified atom stereocenters. The molecular weight excluding hydrogens is 258 g/mol. The van der Waals surface area contributed by atoms with Crippen molar-refractivity contribution in [2.75, 3.05) is 13.7 Å². The van der Waals surface area contributed by atoms with Crippen molar-refractivity contribution < 1.29 is 9.53 Å². The maximum atomic E-state index is 12.1. The van der Waals surface area contributed by atoms with Crippen molar-refractivity contribution >= 4 is 29.3 Å². The Kier molecular flexibility index (Phi) is 4.93. The summed E-state index contributed by atoms with van der Waals surface area (Å²) in [6.07, 6.45) is 4.03. The molecule has 0 bridgehead atoms. The van der Waals surface area contributed by atoms with E-state index in [0.717, 1.165) is 28.6 Å². The number of benzene rings is 1. The van der Waals surface area contributed by atoms with Crippen molar-refractivity contribution in [2.24, 2.45) is 0 Å². The molecule has 0 aliphatic heterocycles. The summed E-state index contributed by atoms with van der Waals surface area (Å²) in [5, 5.41) is 0.954. The number of thiol groups is 1. The number of nitrogens with zero attached hydrogens (tertiary/aromatic N) is 1. The van der Waals surface area contributed by atoms with Gasteiger partial charge in [0.15, 0.2) is 5.78 Å². The van der Waals surface area contributed by atoms with Crippen molar-refractivity contribution in [1.82, 2.24) is 4.98 Å². The number of fused-ring (bicyclic) bond motifs is 1. The number of carbonyl (C=O) groups is 1. The van der Waals surface area contributed by atoms with Crippen LogP contribution in [0.2, 0.25) is 0 Å². The quantitative estimate of drug-likeness (QED) is 0.498. The van der Waals surface area contributed by atoms with E-state index in [1.165, 1.54) is 0 Å². The smallest absolute Gasteiger partial charge is 0.162 e. The molecule has 0 aliphatic rings. The van der Waals surface area contributed by atoms with E-state index in [9.17, 15) is 4.79 Å². The highest BCUT2D eigenvalue weighted by Crippen LogP contribution is 2.23. The van der Waals surface area contributed by atoms with Crippen LogP contribution in [0.15, 0.2) is 35.4 Å². The highest BCUT2D eigenvalue weighted by molar-refractivity contribution is 7.80. The summed E-state index contributed by atoms with van der Waals surface area (Å²) in [4.78, 5) is 17.1. The second kappa shape index (κ2) is 6.68. The normalized spacial score (nSPS) is 10.8. The molecule has 0 fully saturated rings. The third-order valence-electron chi connectivity index (χ3n) is 3.01. The minimum absolute atomic E-state index is 0.150. The van der Waals surface area contributed by atoms with Crippen LogP contribution >= 0.6 is 12.6 Å². The number of pyridine rings is 1. The summed E-state index contributed by atoms with van der Waals surface area (Å²) < 4.78 is 4.97. The molecule has 4 heteroatoms. The first-order valence-electron chi connectivity index (χ1n) is 6.32. The van der Waals surface area contributed by atoms with Crippen LogP contribution in [-0.2, 0) is 4.74 Å². The minimum atomic E-state index is 0.150. The van der Waals surface area contributed by atoms with E-state index in [2.05, 4.69) is 17.6 Å². The molecule has 0 aliphatic carbocycles. The number of carbonyl (C=O) groups excluding carboxylic acids is 1. The number of rotatable bonds is 6. The van der Waals surface area contributed by atoms with E-state index < -0.39 is 0 Å². The van der Waals surface area contributed by atoms with E-state index in [4.69, 9.17) is 4.74 Å². The number of Topliss-reactive ketones (excluding diaryl/α,β-unsaturated/α-hetero) is 1. The van der Waals surface area contributed by atoms with Gasteiger partial charge < -0.3 is 4.74 Å². The SMILES string of the molecule is COCCCCC(=O)c1cc(S)c2ncccc2c1. The number of aromatic nitrogens is 1. The summed E-state index contributed by atoms with van der Waals surface area (Å²) in [5.74, 6) is 0.150. The van der Waals surface area contributed by atoms with Gasteiger partial charge in [0, 0.05) is 42.2 Å². The van der Waals surface area contributed by atoms with Crippen molar-refractivity contribution in [1.29, 1.82) is 0 Å². The molecule has 3 nitrogen and oxygen atoms in total. The van der Waals surface area contributed by atoms with Crippen LogP contribution in [0.5, 0.6) is 0 Å². The number of ether oxygens (including phenoxy) is 1. The van der Waals surface area contributed by atoms with E-state index in [-0.39, 0.29) is 5.78 Å². The lowest BCUT2D eigenvalue weighted by Gasteiger charge is -2.05. The van der Waals surface area contributed by atoms with Crippen LogP contribution in [0, 0.1) is 0 Å². The van der Waals surface area contributed by atoms with Gasteiger partial charge in [-0.05, 0) is 31.0 Å². The van der Waals surface area contributed by atoms with Crippen molar-refractivity contribution in [3.63, 3.8) is 0 Å². The Morgan fingerprint density at radius 3 is 3.00 bits per heavy atom. The fourth-order valence-electron chi connectivity index (χ4n) is 2.01. The van der Waals surface area contributed by atoms with Gasteiger partial charge in [-0.2, -0.15) is 0 Å². The van der Waals surface area contributed by atoms with Gasteiger partial charge in [-0.15, -0.1) is 12.6 Å².